The Morgan fingerprint density at radius 1 is 1.50 bits per heavy atom. The first-order valence-electron chi connectivity index (χ1n) is 3.80. The fourth-order valence-electron chi connectivity index (χ4n) is 1.02. The molecule has 4 heteroatoms. The van der Waals surface area contributed by atoms with Gasteiger partial charge in [-0.1, -0.05) is 6.07 Å². The van der Waals surface area contributed by atoms with E-state index in [1.165, 1.54) is 4.88 Å². The molecule has 2 rings (SSSR count). The Bertz CT molecular complexity index is 278. The van der Waals surface area contributed by atoms with Crippen molar-refractivity contribution in [3.8, 4) is 0 Å². The van der Waals surface area contributed by atoms with Gasteiger partial charge >= 0.3 is 0 Å². The molecular weight excluding hydrogens is 170 g/mol. The summed E-state index contributed by atoms with van der Waals surface area (Å²) < 4.78 is 0. The van der Waals surface area contributed by atoms with Crippen molar-refractivity contribution >= 4 is 17.2 Å². The first-order chi connectivity index (χ1) is 5.95. The number of nitrogens with zero attached hydrogens (tertiary/aromatic N) is 1. The summed E-state index contributed by atoms with van der Waals surface area (Å²) in [5.41, 5.74) is 0. The van der Waals surface area contributed by atoms with E-state index in [-0.39, 0.29) is 0 Å². The van der Waals surface area contributed by atoms with Crippen LogP contribution in [-0.4, -0.2) is 10.2 Å². The zero-order chi connectivity index (χ0) is 8.23. The van der Waals surface area contributed by atoms with E-state index in [0.29, 0.717) is 0 Å². The highest BCUT2D eigenvalue weighted by atomic mass is 32.1. The van der Waals surface area contributed by atoms with Gasteiger partial charge in [0.1, 0.15) is 6.54 Å². The molecule has 0 amide bonds. The molecule has 2 aromatic rings. The monoisotopic (exact) mass is 180 g/mol. The lowest BCUT2D eigenvalue weighted by molar-refractivity contribution is -0.591. The van der Waals surface area contributed by atoms with Crippen molar-refractivity contribution in [3.63, 3.8) is 0 Å². The van der Waals surface area contributed by atoms with E-state index in [2.05, 4.69) is 33.0 Å². The summed E-state index contributed by atoms with van der Waals surface area (Å²) in [6.07, 6.45) is 1.76. The number of hydrogen-bond donors (Lipinski definition) is 2. The zero-order valence-corrected chi connectivity index (χ0v) is 7.34. The molecular formula is C8H10N3S+. The quantitative estimate of drug-likeness (QED) is 0.723. The molecule has 0 fully saturated rings. The molecule has 0 spiro atoms. The van der Waals surface area contributed by atoms with E-state index in [9.17, 15) is 0 Å². The van der Waals surface area contributed by atoms with Gasteiger partial charge in [0.05, 0.1) is 11.1 Å². The Morgan fingerprint density at radius 2 is 2.50 bits per heavy atom. The Balaban J connectivity index is 1.91. The number of aromatic nitrogens is 2. The summed E-state index contributed by atoms with van der Waals surface area (Å²) in [5, 5.41) is 11.0. The lowest BCUT2D eigenvalue weighted by Crippen LogP contribution is -2.76. The summed E-state index contributed by atoms with van der Waals surface area (Å²) in [7, 11) is 0. The average Bonchev–Trinajstić information content (AvgIpc) is 2.74. The highest BCUT2D eigenvalue weighted by Gasteiger charge is 1.98. The van der Waals surface area contributed by atoms with Crippen molar-refractivity contribution in [3.05, 3.63) is 34.7 Å². The fourth-order valence-corrected chi connectivity index (χ4v) is 1.69. The number of quaternary nitrogens is 1. The third-order valence-electron chi connectivity index (χ3n) is 1.63. The Morgan fingerprint density at radius 3 is 3.17 bits per heavy atom. The van der Waals surface area contributed by atoms with Crippen LogP contribution in [-0.2, 0) is 6.54 Å². The molecule has 0 saturated carbocycles. The number of H-pyrrole nitrogens is 1. The van der Waals surface area contributed by atoms with Crippen molar-refractivity contribution < 1.29 is 5.32 Å². The van der Waals surface area contributed by atoms with Gasteiger partial charge in [0.2, 0.25) is 5.82 Å². The molecule has 62 valence electrons. The summed E-state index contributed by atoms with van der Waals surface area (Å²) >= 11 is 1.78. The molecule has 0 saturated heterocycles. The molecule has 2 heterocycles. The van der Waals surface area contributed by atoms with Gasteiger partial charge in [-0.3, -0.25) is 5.32 Å². The topological polar surface area (TPSA) is 45.3 Å². The molecule has 0 unspecified atom stereocenters. The SMILES string of the molecule is c1csc(C[NH2+]c2ccn[nH]2)c1. The van der Waals surface area contributed by atoms with Crippen LogP contribution in [0.25, 0.3) is 0 Å². The number of aromatic amines is 1. The maximum atomic E-state index is 3.87. The number of rotatable bonds is 3. The van der Waals surface area contributed by atoms with Gasteiger partial charge in [-0.05, 0) is 11.4 Å². The largest absolute Gasteiger partial charge is 0.293 e. The second-order valence-electron chi connectivity index (χ2n) is 2.50. The predicted molar refractivity (Wildman–Crippen MR) is 48.2 cm³/mol. The normalized spacial score (nSPS) is 10.3. The van der Waals surface area contributed by atoms with Gasteiger partial charge in [0.25, 0.3) is 0 Å². The first-order valence-corrected chi connectivity index (χ1v) is 4.68. The van der Waals surface area contributed by atoms with E-state index >= 15 is 0 Å². The molecule has 3 nitrogen and oxygen atoms in total. The number of nitrogens with two attached hydrogens (primary N) is 1. The molecule has 0 atom stereocenters. The Hall–Kier alpha value is -1.13. The third kappa shape index (κ3) is 1.72. The van der Waals surface area contributed by atoms with Crippen LogP contribution in [0, 0.1) is 0 Å². The summed E-state index contributed by atoms with van der Waals surface area (Å²) in [6, 6.07) is 6.17. The van der Waals surface area contributed by atoms with Crippen molar-refractivity contribution in [2.24, 2.45) is 0 Å². The van der Waals surface area contributed by atoms with Gasteiger partial charge in [0, 0.05) is 6.07 Å². The number of nitrogens with one attached hydrogen (secondary N) is 1. The molecule has 0 aromatic carbocycles. The minimum absolute atomic E-state index is 0.986. The van der Waals surface area contributed by atoms with Gasteiger partial charge in [-0.15, -0.1) is 11.3 Å². The van der Waals surface area contributed by atoms with E-state index in [1.807, 2.05) is 6.07 Å². The fraction of sp³-hybridized carbons (Fsp3) is 0.125. The maximum Gasteiger partial charge on any atom is 0.220 e. The molecule has 3 N–H and O–H groups in total. The molecule has 12 heavy (non-hydrogen) atoms. The minimum Gasteiger partial charge on any atom is -0.293 e. The standard InChI is InChI=1S/C8H9N3S/c1-2-7(12-5-1)6-9-8-3-4-10-11-8/h1-5H,6H2,(H2,9,10,11)/p+1. The molecule has 0 aliphatic carbocycles. The molecule has 0 aliphatic heterocycles. The van der Waals surface area contributed by atoms with Crippen molar-refractivity contribution in [2.45, 2.75) is 6.54 Å². The van der Waals surface area contributed by atoms with Crippen LogP contribution in [0.1, 0.15) is 4.88 Å². The van der Waals surface area contributed by atoms with Crippen LogP contribution in [0.2, 0.25) is 0 Å². The summed E-state index contributed by atoms with van der Waals surface area (Å²) in [4.78, 5) is 1.38. The third-order valence-corrected chi connectivity index (χ3v) is 2.52. The lowest BCUT2D eigenvalue weighted by Gasteiger charge is -1.92. The molecule has 0 bridgehead atoms. The van der Waals surface area contributed by atoms with Crippen LogP contribution in [0.5, 0.6) is 0 Å². The Labute approximate surface area is 74.4 Å². The van der Waals surface area contributed by atoms with Gasteiger partial charge in [-0.25, -0.2) is 5.10 Å². The van der Waals surface area contributed by atoms with Crippen LogP contribution >= 0.6 is 11.3 Å². The van der Waals surface area contributed by atoms with Gasteiger partial charge in [-0.2, -0.15) is 5.10 Å². The van der Waals surface area contributed by atoms with Crippen LogP contribution in [0.4, 0.5) is 5.82 Å². The van der Waals surface area contributed by atoms with E-state index in [1.54, 1.807) is 17.5 Å². The zero-order valence-electron chi connectivity index (χ0n) is 6.53. The first kappa shape index (κ1) is 7.52. The smallest absolute Gasteiger partial charge is 0.220 e. The lowest BCUT2D eigenvalue weighted by atomic mass is 10.4. The predicted octanol–water partition coefficient (Wildman–Crippen LogP) is 0.866. The highest BCUT2D eigenvalue weighted by Crippen LogP contribution is 2.05. The van der Waals surface area contributed by atoms with E-state index in [0.717, 1.165) is 12.4 Å². The van der Waals surface area contributed by atoms with E-state index < -0.39 is 0 Å². The van der Waals surface area contributed by atoms with Gasteiger partial charge in [0.15, 0.2) is 0 Å². The molecule has 0 aliphatic rings. The average molecular weight is 180 g/mol. The van der Waals surface area contributed by atoms with Crippen LogP contribution < -0.4 is 5.32 Å². The number of hydrogen-bond acceptors (Lipinski definition) is 2. The summed E-state index contributed by atoms with van der Waals surface area (Å²) in [5.74, 6) is 1.09. The molecule has 2 aromatic heterocycles. The maximum absolute atomic E-state index is 3.87. The van der Waals surface area contributed by atoms with Crippen LogP contribution in [0.3, 0.4) is 0 Å². The van der Waals surface area contributed by atoms with Crippen molar-refractivity contribution in [2.75, 3.05) is 0 Å². The number of thiophene rings is 1. The second kappa shape index (κ2) is 3.51. The Kier molecular flexibility index (Phi) is 2.20. The van der Waals surface area contributed by atoms with E-state index in [4.69, 9.17) is 0 Å². The second-order valence-corrected chi connectivity index (χ2v) is 3.53. The minimum atomic E-state index is 0.986. The van der Waals surface area contributed by atoms with Crippen LogP contribution in [0.15, 0.2) is 29.8 Å². The molecule has 0 radical (unpaired) electrons. The van der Waals surface area contributed by atoms with Crippen molar-refractivity contribution in [1.29, 1.82) is 0 Å². The van der Waals surface area contributed by atoms with Crippen molar-refractivity contribution in [1.82, 2.24) is 10.2 Å². The highest BCUT2D eigenvalue weighted by molar-refractivity contribution is 7.09. The summed E-state index contributed by atoms with van der Waals surface area (Å²) in [6.45, 7) is 0.986. The van der Waals surface area contributed by atoms with Gasteiger partial charge < -0.3 is 0 Å².